The molecular weight excluding hydrogens is 482 g/mol. The van der Waals surface area contributed by atoms with Gasteiger partial charge in [0.15, 0.2) is 0 Å². The van der Waals surface area contributed by atoms with Gasteiger partial charge in [-0.3, -0.25) is 4.98 Å². The molecule has 0 saturated carbocycles. The highest BCUT2D eigenvalue weighted by atomic mass is 32.1. The van der Waals surface area contributed by atoms with Crippen LogP contribution in [0.3, 0.4) is 0 Å². The van der Waals surface area contributed by atoms with Crippen molar-refractivity contribution in [2.45, 2.75) is 0 Å². The molecule has 0 radical (unpaired) electrons. The molecule has 0 bridgehead atoms. The SMILES string of the molecule is c1ccc(-c2c(-c3ccc4sc5ccccc5c4c3)nn3c(-c4ccccn4)cc4ccccc4c23)cc1. The van der Waals surface area contributed by atoms with Gasteiger partial charge in [0.1, 0.15) is 5.69 Å². The molecule has 3 nitrogen and oxygen atoms in total. The Morgan fingerprint density at radius 1 is 0.579 bits per heavy atom. The van der Waals surface area contributed by atoms with Gasteiger partial charge in [-0.15, -0.1) is 11.3 Å². The lowest BCUT2D eigenvalue weighted by atomic mass is 9.96. The summed E-state index contributed by atoms with van der Waals surface area (Å²) in [5, 5.41) is 10.2. The first-order chi connectivity index (χ1) is 18.8. The van der Waals surface area contributed by atoms with E-state index in [1.807, 2.05) is 29.7 Å². The predicted molar refractivity (Wildman–Crippen MR) is 160 cm³/mol. The van der Waals surface area contributed by atoms with Crippen LogP contribution in [0.25, 0.3) is 70.2 Å². The zero-order valence-corrected chi connectivity index (χ0v) is 21.2. The quantitative estimate of drug-likeness (QED) is 0.240. The minimum atomic E-state index is 0.899. The summed E-state index contributed by atoms with van der Waals surface area (Å²) in [6.07, 6.45) is 1.84. The molecule has 4 heterocycles. The minimum absolute atomic E-state index is 0.899. The molecular formula is C34H21N3S. The first kappa shape index (κ1) is 21.3. The Bertz CT molecular complexity index is 2120. The van der Waals surface area contributed by atoms with Crippen LogP contribution in [0.2, 0.25) is 0 Å². The number of thiophene rings is 1. The van der Waals surface area contributed by atoms with E-state index in [9.17, 15) is 0 Å². The molecule has 4 heteroatoms. The van der Waals surface area contributed by atoms with Gasteiger partial charge < -0.3 is 0 Å². The summed E-state index contributed by atoms with van der Waals surface area (Å²) in [5.74, 6) is 0. The summed E-state index contributed by atoms with van der Waals surface area (Å²) in [6, 6.07) is 42.8. The molecule has 4 aromatic heterocycles. The molecule has 38 heavy (non-hydrogen) atoms. The number of hydrogen-bond donors (Lipinski definition) is 0. The van der Waals surface area contributed by atoms with Crippen molar-refractivity contribution in [3.63, 3.8) is 0 Å². The second-order valence-corrected chi connectivity index (χ2v) is 10.6. The Hall–Kier alpha value is -4.80. The molecule has 0 fully saturated rings. The summed E-state index contributed by atoms with van der Waals surface area (Å²) >= 11 is 1.84. The van der Waals surface area contributed by atoms with Crippen molar-refractivity contribution < 1.29 is 0 Å². The van der Waals surface area contributed by atoms with E-state index in [4.69, 9.17) is 10.1 Å². The summed E-state index contributed by atoms with van der Waals surface area (Å²) in [6.45, 7) is 0. The number of aromatic nitrogens is 3. The van der Waals surface area contributed by atoms with E-state index < -0.39 is 0 Å². The van der Waals surface area contributed by atoms with Crippen molar-refractivity contribution in [1.82, 2.24) is 14.6 Å². The Balaban J connectivity index is 1.53. The van der Waals surface area contributed by atoms with Gasteiger partial charge in [-0.25, -0.2) is 4.52 Å². The number of pyridine rings is 2. The average Bonchev–Trinajstić information content (AvgIpc) is 3.57. The van der Waals surface area contributed by atoms with E-state index in [2.05, 4.69) is 114 Å². The molecule has 0 atom stereocenters. The molecule has 0 saturated heterocycles. The lowest BCUT2D eigenvalue weighted by Crippen LogP contribution is -1.97. The average molecular weight is 504 g/mol. The fourth-order valence-corrected chi connectivity index (χ4v) is 6.62. The van der Waals surface area contributed by atoms with Gasteiger partial charge in [-0.1, -0.05) is 84.9 Å². The molecule has 0 aliphatic carbocycles. The molecule has 0 spiro atoms. The monoisotopic (exact) mass is 503 g/mol. The maximum Gasteiger partial charge on any atom is 0.101 e. The van der Waals surface area contributed by atoms with E-state index in [0.717, 1.165) is 39.3 Å². The van der Waals surface area contributed by atoms with Crippen LogP contribution >= 0.6 is 11.3 Å². The number of hydrogen-bond acceptors (Lipinski definition) is 3. The smallest absolute Gasteiger partial charge is 0.101 e. The normalized spacial score (nSPS) is 11.7. The topological polar surface area (TPSA) is 30.2 Å². The second-order valence-electron chi connectivity index (χ2n) is 9.49. The Kier molecular flexibility index (Phi) is 4.69. The molecule has 0 aliphatic heterocycles. The van der Waals surface area contributed by atoms with Crippen molar-refractivity contribution in [1.29, 1.82) is 0 Å². The number of nitrogens with zero attached hydrogens (tertiary/aromatic N) is 3. The lowest BCUT2D eigenvalue weighted by molar-refractivity contribution is 0.972. The summed E-state index contributed by atoms with van der Waals surface area (Å²) < 4.78 is 4.69. The van der Waals surface area contributed by atoms with Gasteiger partial charge in [0, 0.05) is 42.9 Å². The van der Waals surface area contributed by atoms with Crippen molar-refractivity contribution >= 4 is 47.8 Å². The maximum absolute atomic E-state index is 5.34. The van der Waals surface area contributed by atoms with Crippen molar-refractivity contribution in [3.8, 4) is 33.8 Å². The Morgan fingerprint density at radius 3 is 2.21 bits per heavy atom. The molecule has 4 aromatic carbocycles. The first-order valence-electron chi connectivity index (χ1n) is 12.7. The summed E-state index contributed by atoms with van der Waals surface area (Å²) in [7, 11) is 0. The van der Waals surface area contributed by atoms with Crippen molar-refractivity contribution in [2.24, 2.45) is 0 Å². The van der Waals surface area contributed by atoms with Crippen LogP contribution < -0.4 is 0 Å². The van der Waals surface area contributed by atoms with Gasteiger partial charge >= 0.3 is 0 Å². The van der Waals surface area contributed by atoms with Gasteiger partial charge in [-0.05, 0) is 47.3 Å². The van der Waals surface area contributed by atoms with E-state index in [0.29, 0.717) is 0 Å². The van der Waals surface area contributed by atoms with Crippen LogP contribution in [0.15, 0.2) is 128 Å². The Labute approximate surface area is 223 Å². The molecule has 178 valence electrons. The van der Waals surface area contributed by atoms with E-state index in [-0.39, 0.29) is 0 Å². The third-order valence-electron chi connectivity index (χ3n) is 7.26. The van der Waals surface area contributed by atoms with Gasteiger partial charge in [0.25, 0.3) is 0 Å². The van der Waals surface area contributed by atoms with E-state index in [1.54, 1.807) is 0 Å². The first-order valence-corrected chi connectivity index (χ1v) is 13.5. The van der Waals surface area contributed by atoms with Gasteiger partial charge in [-0.2, -0.15) is 5.10 Å². The van der Waals surface area contributed by atoms with Crippen LogP contribution in [0.1, 0.15) is 0 Å². The van der Waals surface area contributed by atoms with Crippen molar-refractivity contribution in [3.05, 3.63) is 128 Å². The largest absolute Gasteiger partial charge is 0.255 e. The molecule has 0 N–H and O–H groups in total. The van der Waals surface area contributed by atoms with Crippen LogP contribution in [-0.4, -0.2) is 14.6 Å². The standard InChI is InChI=1S/C34H21N3S/c1-2-10-22(11-3-1)32-33(24-17-18-31-27(20-24)26-14-6-7-16-30(26)38-31)36-37-29(28-15-8-9-19-35-28)21-23-12-4-5-13-25(23)34(32)37/h1-21H. The van der Waals surface area contributed by atoms with E-state index in [1.165, 1.54) is 30.9 Å². The third-order valence-corrected chi connectivity index (χ3v) is 8.41. The molecule has 0 amide bonds. The minimum Gasteiger partial charge on any atom is -0.255 e. The molecule has 8 rings (SSSR count). The maximum atomic E-state index is 5.34. The third kappa shape index (κ3) is 3.21. The van der Waals surface area contributed by atoms with Crippen LogP contribution in [-0.2, 0) is 0 Å². The number of benzene rings is 4. The Morgan fingerprint density at radius 2 is 1.34 bits per heavy atom. The van der Waals surface area contributed by atoms with E-state index >= 15 is 0 Å². The lowest BCUT2D eigenvalue weighted by Gasteiger charge is -2.10. The number of fused-ring (bicyclic) bond motifs is 6. The number of rotatable bonds is 3. The fourth-order valence-electron chi connectivity index (χ4n) is 5.54. The molecule has 8 aromatic rings. The second kappa shape index (κ2) is 8.37. The molecule has 0 aliphatic rings. The summed E-state index contributed by atoms with van der Waals surface area (Å²) in [4.78, 5) is 4.70. The van der Waals surface area contributed by atoms with Crippen LogP contribution in [0, 0.1) is 0 Å². The highest BCUT2D eigenvalue weighted by molar-refractivity contribution is 7.25. The summed E-state index contributed by atoms with van der Waals surface area (Å²) in [5.41, 5.74) is 7.34. The molecule has 0 unspecified atom stereocenters. The van der Waals surface area contributed by atoms with Crippen LogP contribution in [0.5, 0.6) is 0 Å². The fraction of sp³-hybridized carbons (Fsp3) is 0. The van der Waals surface area contributed by atoms with Crippen molar-refractivity contribution in [2.75, 3.05) is 0 Å². The highest BCUT2D eigenvalue weighted by Crippen LogP contribution is 2.42. The highest BCUT2D eigenvalue weighted by Gasteiger charge is 2.22. The zero-order valence-electron chi connectivity index (χ0n) is 20.4. The zero-order chi connectivity index (χ0) is 25.1. The van der Waals surface area contributed by atoms with Gasteiger partial charge in [0.2, 0.25) is 0 Å². The predicted octanol–water partition coefficient (Wildman–Crippen LogP) is 9.25. The van der Waals surface area contributed by atoms with Gasteiger partial charge in [0.05, 0.1) is 16.9 Å². The van der Waals surface area contributed by atoms with Crippen LogP contribution in [0.4, 0.5) is 0 Å².